The topological polar surface area (TPSA) is 4.10 Å². The Hall–Kier alpha value is -4.19. The van der Waals surface area contributed by atoms with E-state index in [1.165, 1.54) is 60.0 Å². The highest BCUT2D eigenvalue weighted by Gasteiger charge is 2.24. The summed E-state index contributed by atoms with van der Waals surface area (Å²) in [6.45, 7) is 6.85. The lowest BCUT2D eigenvalue weighted by Gasteiger charge is -2.13. The molecule has 4 aromatic carbocycles. The van der Waals surface area contributed by atoms with E-state index in [4.69, 9.17) is 0 Å². The van der Waals surface area contributed by atoms with Gasteiger partial charge in [0.05, 0.1) is 21.5 Å². The Morgan fingerprint density at radius 2 is 1.06 bits per heavy atom. The minimum atomic E-state index is -1.40. The quantitative estimate of drug-likeness (QED) is 0.0737. The first kappa shape index (κ1) is 21.1. The molecule has 0 aliphatic heterocycles. The maximum Gasteiger partial charge on any atom is 0.227 e. The monoisotopic (exact) mass is 476 g/mol. The van der Waals surface area contributed by atoms with Gasteiger partial charge in [0, 0.05) is 28.5 Å². The van der Waals surface area contributed by atoms with E-state index in [2.05, 4.69) is 139 Å². The molecule has 0 N–H and O–H groups in total. The lowest BCUT2D eigenvalue weighted by Crippen LogP contribution is -2.26. The van der Waals surface area contributed by atoms with Crippen molar-refractivity contribution >= 4 is 56.9 Å². The van der Waals surface area contributed by atoms with Crippen molar-refractivity contribution in [3.63, 3.8) is 0 Å². The second-order valence-electron chi connectivity index (χ2n) is 10.7. The Kier molecular flexibility index (Phi) is 4.49. The summed E-state index contributed by atoms with van der Waals surface area (Å²) in [6, 6.07) is 37.8. The fraction of sp³-hybridized carbons (Fsp3) is 0.0882. The van der Waals surface area contributed by atoms with Crippen LogP contribution < -0.4 is 4.40 Å². The van der Waals surface area contributed by atoms with Crippen molar-refractivity contribution in [2.24, 2.45) is 0 Å². The Labute approximate surface area is 212 Å². The molecule has 0 saturated heterocycles. The maximum atomic E-state index is 3.48. The van der Waals surface area contributed by atoms with Crippen molar-refractivity contribution in [1.82, 2.24) is 0 Å². The van der Waals surface area contributed by atoms with Gasteiger partial charge in [-0.05, 0) is 53.6 Å². The molecule has 0 atom stereocenters. The number of nitrogens with zero attached hydrogens (tertiary/aromatic N) is 1. The van der Waals surface area contributed by atoms with Crippen LogP contribution in [0, 0.1) is 11.5 Å². The zero-order chi connectivity index (χ0) is 24.4. The molecule has 0 bridgehead atoms. The van der Waals surface area contributed by atoms with Crippen LogP contribution in [-0.4, -0.2) is 8.07 Å². The number of pyridine rings is 3. The molecule has 170 valence electrons. The fourth-order valence-electron chi connectivity index (χ4n) is 5.51. The van der Waals surface area contributed by atoms with Crippen molar-refractivity contribution < 1.29 is 4.40 Å². The minimum absolute atomic E-state index is 1.09. The molecule has 0 spiro atoms. The van der Waals surface area contributed by atoms with E-state index < -0.39 is 8.07 Å². The van der Waals surface area contributed by atoms with E-state index in [0.717, 1.165) is 5.56 Å². The second-order valence-corrected chi connectivity index (χ2v) is 15.5. The predicted octanol–water partition coefficient (Wildman–Crippen LogP) is 8.37. The van der Waals surface area contributed by atoms with Gasteiger partial charge >= 0.3 is 0 Å². The molecule has 2 heteroatoms. The van der Waals surface area contributed by atoms with Crippen molar-refractivity contribution in [3.05, 3.63) is 109 Å². The van der Waals surface area contributed by atoms with Crippen LogP contribution >= 0.6 is 0 Å². The van der Waals surface area contributed by atoms with Gasteiger partial charge in [0.15, 0.2) is 0 Å². The van der Waals surface area contributed by atoms with Gasteiger partial charge < -0.3 is 0 Å². The summed E-state index contributed by atoms with van der Waals surface area (Å²) in [6.07, 6.45) is 0. The van der Waals surface area contributed by atoms with Gasteiger partial charge in [0.1, 0.15) is 8.07 Å². The van der Waals surface area contributed by atoms with Gasteiger partial charge in [-0.1, -0.05) is 74.1 Å². The standard InChI is InChI=1S/C34H26NSi/c1-36(2,3)20-19-23-15-17-24(18-16-23)25-21-30-26-9-4-6-11-28(26)32-13-8-14-33-29-12-7-5-10-27(29)31(22-25)34(30)35(32)33/h4-18,21-22H,1-3H3/q+1. The van der Waals surface area contributed by atoms with Crippen LogP contribution in [0.1, 0.15) is 5.56 Å². The normalized spacial score (nSPS) is 12.1. The number of hydrogen-bond donors (Lipinski definition) is 0. The Bertz CT molecular complexity index is 1910. The Morgan fingerprint density at radius 3 is 1.58 bits per heavy atom. The molecule has 0 unspecified atom stereocenters. The number of fused-ring (bicyclic) bond motifs is 6. The van der Waals surface area contributed by atoms with Gasteiger partial charge in [-0.2, -0.15) is 4.40 Å². The molecule has 7 aromatic rings. The van der Waals surface area contributed by atoms with Gasteiger partial charge in [0.2, 0.25) is 16.6 Å². The lowest BCUT2D eigenvalue weighted by atomic mass is 9.93. The van der Waals surface area contributed by atoms with Crippen LogP contribution in [0.25, 0.3) is 60.0 Å². The maximum absolute atomic E-state index is 3.48. The lowest BCUT2D eigenvalue weighted by molar-refractivity contribution is -0.448. The van der Waals surface area contributed by atoms with Crippen LogP contribution in [-0.2, 0) is 0 Å². The van der Waals surface area contributed by atoms with Crippen LogP contribution in [0.3, 0.4) is 0 Å². The molecule has 3 heterocycles. The van der Waals surface area contributed by atoms with Gasteiger partial charge in [-0.25, -0.2) is 0 Å². The first-order valence-corrected chi connectivity index (χ1v) is 16.0. The molecule has 0 saturated carbocycles. The van der Waals surface area contributed by atoms with Crippen molar-refractivity contribution in [2.45, 2.75) is 19.6 Å². The van der Waals surface area contributed by atoms with E-state index >= 15 is 0 Å². The van der Waals surface area contributed by atoms with E-state index in [-0.39, 0.29) is 0 Å². The smallest absolute Gasteiger partial charge is 0.152 e. The largest absolute Gasteiger partial charge is 0.227 e. The highest BCUT2D eigenvalue weighted by molar-refractivity contribution is 6.83. The fourth-order valence-corrected chi connectivity index (χ4v) is 6.03. The first-order chi connectivity index (χ1) is 17.5. The molecule has 1 nitrogen and oxygen atoms in total. The molecule has 36 heavy (non-hydrogen) atoms. The summed E-state index contributed by atoms with van der Waals surface area (Å²) in [5.41, 5.74) is 10.8. The van der Waals surface area contributed by atoms with Gasteiger partial charge in [-0.3, -0.25) is 0 Å². The molecule has 0 aliphatic carbocycles. The highest BCUT2D eigenvalue weighted by Crippen LogP contribution is 2.38. The Morgan fingerprint density at radius 1 is 0.528 bits per heavy atom. The van der Waals surface area contributed by atoms with Crippen LogP contribution in [0.5, 0.6) is 0 Å². The number of rotatable bonds is 1. The third-order valence-corrected chi connectivity index (χ3v) is 7.98. The summed E-state index contributed by atoms with van der Waals surface area (Å²) in [5.74, 6) is 3.39. The zero-order valence-corrected chi connectivity index (χ0v) is 21.8. The number of aromatic nitrogens is 1. The third-order valence-electron chi connectivity index (χ3n) is 7.11. The summed E-state index contributed by atoms with van der Waals surface area (Å²) in [4.78, 5) is 0. The van der Waals surface area contributed by atoms with Gasteiger partial charge in [0.25, 0.3) is 0 Å². The molecular weight excluding hydrogens is 450 g/mol. The summed E-state index contributed by atoms with van der Waals surface area (Å²) in [5, 5.41) is 7.74. The van der Waals surface area contributed by atoms with E-state index in [9.17, 15) is 0 Å². The molecule has 0 radical (unpaired) electrons. The van der Waals surface area contributed by atoms with Gasteiger partial charge in [-0.15, -0.1) is 5.54 Å². The highest BCUT2D eigenvalue weighted by atomic mass is 28.3. The average Bonchev–Trinajstić information content (AvgIpc) is 2.91. The van der Waals surface area contributed by atoms with Crippen LogP contribution in [0.4, 0.5) is 0 Å². The Balaban J connectivity index is 1.59. The minimum Gasteiger partial charge on any atom is -0.152 e. The summed E-state index contributed by atoms with van der Waals surface area (Å²) < 4.78 is 2.47. The predicted molar refractivity (Wildman–Crippen MR) is 156 cm³/mol. The molecule has 3 aromatic heterocycles. The van der Waals surface area contributed by atoms with E-state index in [1.807, 2.05) is 0 Å². The zero-order valence-electron chi connectivity index (χ0n) is 20.8. The van der Waals surface area contributed by atoms with Crippen molar-refractivity contribution in [1.29, 1.82) is 0 Å². The third kappa shape index (κ3) is 3.21. The number of hydrogen-bond acceptors (Lipinski definition) is 0. The SMILES string of the molecule is C[Si](C)(C)C#Cc1ccc(-c2cc3c4ccccc4c4cccc5c6ccccc6c(c2)c3[n+]45)cc1. The summed E-state index contributed by atoms with van der Waals surface area (Å²) >= 11 is 0. The van der Waals surface area contributed by atoms with E-state index in [1.54, 1.807) is 0 Å². The van der Waals surface area contributed by atoms with Crippen LogP contribution in [0.2, 0.25) is 19.6 Å². The molecule has 0 fully saturated rings. The average molecular weight is 477 g/mol. The van der Waals surface area contributed by atoms with Crippen molar-refractivity contribution in [2.75, 3.05) is 0 Å². The second kappa shape index (κ2) is 7.65. The molecule has 0 amide bonds. The van der Waals surface area contributed by atoms with Crippen molar-refractivity contribution in [3.8, 4) is 22.6 Å². The van der Waals surface area contributed by atoms with E-state index in [0.29, 0.717) is 0 Å². The first-order valence-electron chi connectivity index (χ1n) is 12.5. The molecule has 7 rings (SSSR count). The number of benzene rings is 4. The molecule has 0 aliphatic rings. The van der Waals surface area contributed by atoms with Crippen LogP contribution in [0.15, 0.2) is 103 Å². The summed E-state index contributed by atoms with van der Waals surface area (Å²) in [7, 11) is -1.40. The molecular formula is C34H26NSi+.